The molecule has 2 aromatic carbocycles. The molecule has 0 atom stereocenters. The van der Waals surface area contributed by atoms with Gasteiger partial charge in [-0.1, -0.05) is 46.4 Å². The van der Waals surface area contributed by atoms with E-state index in [1.54, 1.807) is 0 Å². The van der Waals surface area contributed by atoms with E-state index in [0.29, 0.717) is 30.7 Å². The number of nitrogens with zero attached hydrogens (tertiary/aromatic N) is 2. The molecule has 1 heterocycles. The molecular weight excluding hydrogens is 542 g/mol. The van der Waals surface area contributed by atoms with Crippen molar-refractivity contribution in [3.05, 3.63) is 32.2 Å². The lowest BCUT2D eigenvalue weighted by molar-refractivity contribution is -0.905. The van der Waals surface area contributed by atoms with E-state index in [1.807, 2.05) is 11.9 Å². The molecule has 190 valence electrons. The molecule has 8 N–H and O–H groups in total. The molecule has 0 aromatic heterocycles. The number of hydrogen-bond acceptors (Lipinski definition) is 7. The predicted octanol–water partition coefficient (Wildman–Crippen LogP) is 3.22. The van der Waals surface area contributed by atoms with Crippen LogP contribution in [0, 0.1) is 0 Å². The first-order valence-electron chi connectivity index (χ1n) is 10.4. The second kappa shape index (κ2) is 10.7. The number of carbonyl (C=O) groups is 2. The molecule has 1 saturated heterocycles. The van der Waals surface area contributed by atoms with Crippen LogP contribution >= 0.6 is 46.4 Å². The molecule has 0 radical (unpaired) electrons. The van der Waals surface area contributed by atoms with Crippen LogP contribution in [0.2, 0.25) is 20.1 Å². The van der Waals surface area contributed by atoms with Crippen molar-refractivity contribution in [1.29, 1.82) is 0 Å². The molecule has 0 unspecified atom stereocenters. The van der Waals surface area contributed by atoms with Crippen LogP contribution in [-0.4, -0.2) is 77.7 Å². The van der Waals surface area contributed by atoms with E-state index in [4.69, 9.17) is 57.9 Å². The normalized spacial score (nSPS) is 15.6. The molecule has 3 rings (SSSR count). The predicted molar refractivity (Wildman–Crippen MR) is 140 cm³/mol. The number of anilines is 4. The molecule has 2 aromatic rings. The van der Waals surface area contributed by atoms with E-state index in [2.05, 4.69) is 10.6 Å². The number of phenolic OH excluding ortho intramolecular Hbond substituents is 2. The molecule has 0 aliphatic carbocycles. The number of nitrogen functional groups attached to an aromatic ring is 2. The number of nitrogens with two attached hydrogens (primary N) is 2. The van der Waals surface area contributed by atoms with E-state index in [-0.39, 0.29) is 79.2 Å². The van der Waals surface area contributed by atoms with Gasteiger partial charge in [-0.3, -0.25) is 14.5 Å². The number of nitrogens with one attached hydrogen (secondary N) is 2. The third kappa shape index (κ3) is 6.27. The van der Waals surface area contributed by atoms with Gasteiger partial charge >= 0.3 is 0 Å². The molecule has 0 saturated carbocycles. The van der Waals surface area contributed by atoms with Gasteiger partial charge in [0.1, 0.15) is 10.0 Å². The zero-order valence-corrected chi connectivity index (χ0v) is 21.7. The van der Waals surface area contributed by atoms with Gasteiger partial charge in [-0.05, 0) is 12.1 Å². The van der Waals surface area contributed by atoms with Gasteiger partial charge in [-0.2, -0.15) is 0 Å². The highest BCUT2D eigenvalue weighted by atomic mass is 35.5. The summed E-state index contributed by atoms with van der Waals surface area (Å²) in [7, 11) is 1.93. The van der Waals surface area contributed by atoms with E-state index in [9.17, 15) is 19.8 Å². The number of quaternary nitrogens is 1. The molecule has 1 fully saturated rings. The number of likely N-dealkylation sites (N-methyl/N-ethyl adjacent to an activating group) is 1. The summed E-state index contributed by atoms with van der Waals surface area (Å²) in [5.41, 5.74) is 11.5. The lowest BCUT2D eigenvalue weighted by atomic mass is 10.2. The molecule has 10 nitrogen and oxygen atoms in total. The Labute approximate surface area is 221 Å². The minimum atomic E-state index is -0.362. The van der Waals surface area contributed by atoms with Crippen LogP contribution < -0.4 is 22.1 Å². The van der Waals surface area contributed by atoms with Crippen molar-refractivity contribution in [2.24, 2.45) is 0 Å². The van der Waals surface area contributed by atoms with Crippen LogP contribution in [0.4, 0.5) is 22.7 Å². The van der Waals surface area contributed by atoms with Crippen LogP contribution in [0.15, 0.2) is 12.1 Å². The van der Waals surface area contributed by atoms with Gasteiger partial charge in [0.2, 0.25) is 5.91 Å². The first-order valence-corrected chi connectivity index (χ1v) is 11.9. The lowest BCUT2D eigenvalue weighted by Crippen LogP contribution is -2.60. The van der Waals surface area contributed by atoms with Gasteiger partial charge in [0.05, 0.1) is 59.5 Å². The Morgan fingerprint density at radius 3 is 1.80 bits per heavy atom. The van der Waals surface area contributed by atoms with Gasteiger partial charge in [-0.15, -0.1) is 0 Å². The average molecular weight is 567 g/mol. The van der Waals surface area contributed by atoms with Crippen molar-refractivity contribution in [2.75, 3.05) is 68.4 Å². The van der Waals surface area contributed by atoms with Gasteiger partial charge in [0.25, 0.3) is 5.91 Å². The van der Waals surface area contributed by atoms with Crippen LogP contribution in [-0.2, 0) is 9.59 Å². The topological polar surface area (TPSA) is 154 Å². The maximum atomic E-state index is 12.6. The van der Waals surface area contributed by atoms with Gasteiger partial charge < -0.3 is 36.8 Å². The summed E-state index contributed by atoms with van der Waals surface area (Å²) in [6.07, 6.45) is 0. The standard InChI is InChI=1S/C21H24Cl4N6O4/c1-31(9-15(33)29-13-7-11(23)19(27)17(25)21(13)35)4-2-30(3-5-31)8-14(32)28-12-6-10(22)18(26)16(24)20(12)34/h6-7H,2-5,8-9,26-27H2,1H3,(H3-,28,29,32,33,34,35)/p+1. The fourth-order valence-corrected chi connectivity index (χ4v) is 4.58. The van der Waals surface area contributed by atoms with E-state index < -0.39 is 0 Å². The second-order valence-electron chi connectivity index (χ2n) is 8.56. The number of aromatic hydroxyl groups is 2. The fraction of sp³-hybridized carbons (Fsp3) is 0.333. The quantitative estimate of drug-likeness (QED) is 0.178. The highest BCUT2D eigenvalue weighted by molar-refractivity contribution is 6.41. The van der Waals surface area contributed by atoms with Crippen molar-refractivity contribution >= 4 is 81.0 Å². The summed E-state index contributed by atoms with van der Waals surface area (Å²) >= 11 is 23.8. The van der Waals surface area contributed by atoms with Crippen molar-refractivity contribution in [3.8, 4) is 11.5 Å². The number of halogens is 4. The number of carbonyl (C=O) groups excluding carboxylic acids is 2. The number of benzene rings is 2. The Morgan fingerprint density at radius 2 is 1.34 bits per heavy atom. The summed E-state index contributed by atoms with van der Waals surface area (Å²) < 4.78 is 0.422. The first-order chi connectivity index (χ1) is 16.3. The Kier molecular flexibility index (Phi) is 8.36. The first kappa shape index (κ1) is 27.3. The van der Waals surface area contributed by atoms with Gasteiger partial charge in [-0.25, -0.2) is 0 Å². The molecule has 0 spiro atoms. The van der Waals surface area contributed by atoms with Crippen LogP contribution in [0.25, 0.3) is 0 Å². The second-order valence-corrected chi connectivity index (χ2v) is 10.1. The summed E-state index contributed by atoms with van der Waals surface area (Å²) in [6, 6.07) is 2.67. The zero-order valence-electron chi connectivity index (χ0n) is 18.7. The number of piperazine rings is 1. The maximum absolute atomic E-state index is 12.6. The highest BCUT2D eigenvalue weighted by Crippen LogP contribution is 2.42. The third-order valence-electron chi connectivity index (χ3n) is 5.81. The number of amides is 2. The van der Waals surface area contributed by atoms with Crippen molar-refractivity contribution in [3.63, 3.8) is 0 Å². The Balaban J connectivity index is 1.54. The summed E-state index contributed by atoms with van der Waals surface area (Å²) in [5, 5.41) is 25.4. The van der Waals surface area contributed by atoms with Crippen LogP contribution in [0.1, 0.15) is 0 Å². The average Bonchev–Trinajstić information content (AvgIpc) is 2.79. The van der Waals surface area contributed by atoms with E-state index >= 15 is 0 Å². The minimum Gasteiger partial charge on any atom is -0.504 e. The van der Waals surface area contributed by atoms with E-state index in [0.717, 1.165) is 0 Å². The smallest absolute Gasteiger partial charge is 0.279 e. The van der Waals surface area contributed by atoms with Crippen molar-refractivity contribution in [1.82, 2.24) is 4.90 Å². The largest absolute Gasteiger partial charge is 0.504 e. The number of rotatable bonds is 6. The highest BCUT2D eigenvalue weighted by Gasteiger charge is 2.32. The summed E-state index contributed by atoms with van der Waals surface area (Å²) in [6.45, 7) is 2.51. The lowest BCUT2D eigenvalue weighted by Gasteiger charge is -2.41. The van der Waals surface area contributed by atoms with Crippen LogP contribution in [0.5, 0.6) is 11.5 Å². The molecule has 2 amide bonds. The number of hydrogen-bond donors (Lipinski definition) is 6. The molecule has 0 bridgehead atoms. The van der Waals surface area contributed by atoms with Crippen molar-refractivity contribution in [2.45, 2.75) is 0 Å². The fourth-order valence-electron chi connectivity index (χ4n) is 3.67. The molecule has 1 aliphatic rings. The minimum absolute atomic E-state index is 0.0266. The third-order valence-corrected chi connectivity index (χ3v) is 7.20. The van der Waals surface area contributed by atoms with Crippen molar-refractivity contribution < 1.29 is 24.3 Å². The Hall–Kier alpha value is -2.34. The summed E-state index contributed by atoms with van der Waals surface area (Å²) in [5.74, 6) is -1.40. The summed E-state index contributed by atoms with van der Waals surface area (Å²) in [4.78, 5) is 27.0. The van der Waals surface area contributed by atoms with Gasteiger partial charge in [0.15, 0.2) is 18.0 Å². The molecular formula is C21H25Cl4N6O4+. The molecule has 14 heteroatoms. The monoisotopic (exact) mass is 565 g/mol. The van der Waals surface area contributed by atoms with E-state index in [1.165, 1.54) is 12.1 Å². The SMILES string of the molecule is C[N+]1(CC(=O)Nc2cc(Cl)c(N)c(Cl)c2O)CCN(CC(=O)Nc2cc(Cl)c(N)c(Cl)c2O)CC1. The van der Waals surface area contributed by atoms with Crippen LogP contribution in [0.3, 0.4) is 0 Å². The van der Waals surface area contributed by atoms with Gasteiger partial charge in [0, 0.05) is 13.1 Å². The number of phenols is 2. The zero-order chi connectivity index (χ0) is 26.1. The Bertz CT molecular complexity index is 1170. The maximum Gasteiger partial charge on any atom is 0.279 e. The molecule has 1 aliphatic heterocycles. The molecule has 35 heavy (non-hydrogen) atoms. The Morgan fingerprint density at radius 1 is 0.914 bits per heavy atom.